The van der Waals surface area contributed by atoms with Crippen molar-refractivity contribution in [2.75, 3.05) is 25.5 Å². The summed E-state index contributed by atoms with van der Waals surface area (Å²) in [4.78, 5) is 39.3. The van der Waals surface area contributed by atoms with Crippen LogP contribution in [0.15, 0.2) is 42.5 Å². The van der Waals surface area contributed by atoms with E-state index in [0.29, 0.717) is 42.9 Å². The zero-order valence-corrected chi connectivity index (χ0v) is 20.4. The molecule has 0 spiro atoms. The fourth-order valence-corrected chi connectivity index (χ4v) is 4.52. The first-order valence-corrected chi connectivity index (χ1v) is 12.1. The SMILES string of the molecule is CCNC(=O)Nc1ccc2c(c1)C(=O)N(C)[C@@H]1CC[C@H](CC(=O)NCc3ccc(F)cc3)O[C@H]1CO2. The highest BCUT2D eigenvalue weighted by molar-refractivity contribution is 5.99. The van der Waals surface area contributed by atoms with Crippen LogP contribution in [0.25, 0.3) is 0 Å². The number of rotatable bonds is 6. The number of likely N-dealkylation sites (N-methyl/N-ethyl adjacent to an activating group) is 1. The maximum atomic E-state index is 13.3. The molecule has 0 aromatic heterocycles. The fourth-order valence-electron chi connectivity index (χ4n) is 4.52. The van der Waals surface area contributed by atoms with Crippen LogP contribution in [0, 0.1) is 5.82 Å². The van der Waals surface area contributed by atoms with Gasteiger partial charge < -0.3 is 30.3 Å². The highest BCUT2D eigenvalue weighted by Gasteiger charge is 2.39. The van der Waals surface area contributed by atoms with Crippen molar-refractivity contribution in [3.63, 3.8) is 0 Å². The third-order valence-corrected chi connectivity index (χ3v) is 6.42. The number of nitrogens with zero attached hydrogens (tertiary/aromatic N) is 1. The average Bonchev–Trinajstić information content (AvgIpc) is 2.86. The molecule has 10 heteroatoms. The Kier molecular flexibility index (Phi) is 8.04. The van der Waals surface area contributed by atoms with Crippen LogP contribution in [0.4, 0.5) is 14.9 Å². The predicted molar refractivity (Wildman–Crippen MR) is 131 cm³/mol. The standard InChI is InChI=1S/C26H31FN4O5/c1-3-28-26(34)30-18-8-11-22-20(12-18)25(33)31(2)21-10-9-19(36-23(21)15-35-22)13-24(32)29-14-16-4-6-17(27)7-5-16/h4-8,11-12,19,21,23H,3,9-10,13-15H2,1-2H3,(H,29,32)(H2,28,30,34)/t19-,21-,23+/m1/s1. The van der Waals surface area contributed by atoms with E-state index in [0.717, 1.165) is 5.56 Å². The Balaban J connectivity index is 1.37. The number of ether oxygens (including phenoxy) is 2. The molecule has 0 bridgehead atoms. The third-order valence-electron chi connectivity index (χ3n) is 6.42. The molecule has 0 radical (unpaired) electrons. The number of benzene rings is 2. The Bertz CT molecular complexity index is 1110. The molecule has 2 aliphatic heterocycles. The molecule has 9 nitrogen and oxygen atoms in total. The summed E-state index contributed by atoms with van der Waals surface area (Å²) in [5, 5.41) is 8.21. The van der Waals surface area contributed by atoms with E-state index in [1.54, 1.807) is 42.3 Å². The van der Waals surface area contributed by atoms with Gasteiger partial charge in [-0.15, -0.1) is 0 Å². The normalized spacial score (nSPS) is 21.2. The molecule has 0 aliphatic carbocycles. The molecule has 0 saturated carbocycles. The maximum absolute atomic E-state index is 13.3. The number of halogens is 1. The average molecular weight is 499 g/mol. The monoisotopic (exact) mass is 498 g/mol. The van der Waals surface area contributed by atoms with E-state index in [-0.39, 0.29) is 54.9 Å². The topological polar surface area (TPSA) is 109 Å². The van der Waals surface area contributed by atoms with Crippen molar-refractivity contribution in [1.29, 1.82) is 0 Å². The lowest BCUT2D eigenvalue weighted by Crippen LogP contribution is -2.53. The summed E-state index contributed by atoms with van der Waals surface area (Å²) in [6.45, 7) is 2.85. The number of carbonyl (C=O) groups is 3. The summed E-state index contributed by atoms with van der Waals surface area (Å²) >= 11 is 0. The van der Waals surface area contributed by atoms with Crippen molar-refractivity contribution in [3.05, 3.63) is 59.4 Å². The van der Waals surface area contributed by atoms with Gasteiger partial charge in [-0.25, -0.2) is 9.18 Å². The minimum atomic E-state index is -0.385. The molecular weight excluding hydrogens is 467 g/mol. The molecule has 2 aromatic carbocycles. The lowest BCUT2D eigenvalue weighted by molar-refractivity contribution is -0.134. The van der Waals surface area contributed by atoms with Gasteiger partial charge in [0, 0.05) is 25.8 Å². The van der Waals surface area contributed by atoms with Crippen LogP contribution in [0.2, 0.25) is 0 Å². The summed E-state index contributed by atoms with van der Waals surface area (Å²) in [5.74, 6) is -0.288. The zero-order chi connectivity index (χ0) is 25.7. The Hall–Kier alpha value is -3.66. The van der Waals surface area contributed by atoms with Gasteiger partial charge in [0.05, 0.1) is 24.1 Å². The van der Waals surface area contributed by atoms with Crippen LogP contribution < -0.4 is 20.7 Å². The van der Waals surface area contributed by atoms with Crippen molar-refractivity contribution in [2.24, 2.45) is 0 Å². The van der Waals surface area contributed by atoms with Gasteiger partial charge in [0.15, 0.2) is 0 Å². The minimum absolute atomic E-state index is 0.156. The van der Waals surface area contributed by atoms with Crippen molar-refractivity contribution in [3.8, 4) is 5.75 Å². The van der Waals surface area contributed by atoms with E-state index in [1.807, 2.05) is 6.92 Å². The van der Waals surface area contributed by atoms with E-state index in [1.165, 1.54) is 12.1 Å². The fraction of sp³-hybridized carbons (Fsp3) is 0.423. The number of amides is 4. The molecule has 3 N–H and O–H groups in total. The number of fused-ring (bicyclic) bond motifs is 2. The lowest BCUT2D eigenvalue weighted by atomic mass is 9.94. The van der Waals surface area contributed by atoms with Gasteiger partial charge in [-0.1, -0.05) is 12.1 Å². The molecule has 1 fully saturated rings. The van der Waals surface area contributed by atoms with Crippen LogP contribution in [0.5, 0.6) is 5.75 Å². The molecular formula is C26H31FN4O5. The van der Waals surface area contributed by atoms with Crippen LogP contribution in [0.1, 0.15) is 42.1 Å². The van der Waals surface area contributed by atoms with Crippen molar-refractivity contribution in [2.45, 2.75) is 51.0 Å². The summed E-state index contributed by atoms with van der Waals surface area (Å²) in [7, 11) is 1.73. The van der Waals surface area contributed by atoms with Gasteiger partial charge in [0.1, 0.15) is 24.3 Å². The zero-order valence-electron chi connectivity index (χ0n) is 20.4. The van der Waals surface area contributed by atoms with Crippen LogP contribution in [-0.4, -0.2) is 61.2 Å². The van der Waals surface area contributed by atoms with Gasteiger partial charge in [0.2, 0.25) is 5.91 Å². The number of anilines is 1. The second-order valence-corrected chi connectivity index (χ2v) is 8.97. The number of urea groups is 1. The Morgan fingerprint density at radius 2 is 1.89 bits per heavy atom. The van der Waals surface area contributed by atoms with Crippen molar-refractivity contribution < 1.29 is 28.2 Å². The van der Waals surface area contributed by atoms with Crippen LogP contribution >= 0.6 is 0 Å². The molecule has 36 heavy (non-hydrogen) atoms. The predicted octanol–water partition coefficient (Wildman–Crippen LogP) is 3.05. The van der Waals surface area contributed by atoms with Crippen LogP contribution in [-0.2, 0) is 16.1 Å². The largest absolute Gasteiger partial charge is 0.490 e. The summed E-state index contributed by atoms with van der Waals surface area (Å²) in [6, 6.07) is 10.4. The lowest BCUT2D eigenvalue weighted by Gasteiger charge is -2.42. The molecule has 2 aliphatic rings. The molecule has 0 unspecified atom stereocenters. The number of hydrogen-bond donors (Lipinski definition) is 3. The van der Waals surface area contributed by atoms with Crippen molar-refractivity contribution >= 4 is 23.5 Å². The number of nitrogens with one attached hydrogen (secondary N) is 3. The van der Waals surface area contributed by atoms with Gasteiger partial charge in [0.25, 0.3) is 5.91 Å². The Morgan fingerprint density at radius 3 is 2.64 bits per heavy atom. The summed E-state index contributed by atoms with van der Waals surface area (Å²) in [5.41, 5.74) is 1.67. The van der Waals surface area contributed by atoms with E-state index in [2.05, 4.69) is 16.0 Å². The summed E-state index contributed by atoms with van der Waals surface area (Å²) < 4.78 is 25.2. The van der Waals surface area contributed by atoms with Gasteiger partial charge in [-0.05, 0) is 55.7 Å². The molecule has 1 saturated heterocycles. The van der Waals surface area contributed by atoms with Gasteiger partial charge >= 0.3 is 6.03 Å². The minimum Gasteiger partial charge on any atom is -0.490 e. The van der Waals surface area contributed by atoms with Crippen LogP contribution in [0.3, 0.4) is 0 Å². The van der Waals surface area contributed by atoms with E-state index < -0.39 is 0 Å². The van der Waals surface area contributed by atoms with E-state index in [9.17, 15) is 18.8 Å². The molecule has 4 rings (SSSR count). The van der Waals surface area contributed by atoms with Crippen molar-refractivity contribution in [1.82, 2.24) is 15.5 Å². The third kappa shape index (κ3) is 6.12. The quantitative estimate of drug-likeness (QED) is 0.567. The smallest absolute Gasteiger partial charge is 0.319 e. The first-order valence-electron chi connectivity index (χ1n) is 12.1. The first kappa shape index (κ1) is 25.4. The molecule has 4 amide bonds. The highest BCUT2D eigenvalue weighted by Crippen LogP contribution is 2.32. The number of hydrogen-bond acceptors (Lipinski definition) is 5. The molecule has 2 aromatic rings. The van der Waals surface area contributed by atoms with E-state index in [4.69, 9.17) is 9.47 Å². The van der Waals surface area contributed by atoms with Gasteiger partial charge in [-0.2, -0.15) is 0 Å². The summed E-state index contributed by atoms with van der Waals surface area (Å²) in [6.07, 6.45) is 0.790. The second kappa shape index (κ2) is 11.4. The molecule has 2 heterocycles. The Labute approximate surface area is 209 Å². The maximum Gasteiger partial charge on any atom is 0.319 e. The Morgan fingerprint density at radius 1 is 1.11 bits per heavy atom. The highest BCUT2D eigenvalue weighted by atomic mass is 19.1. The van der Waals surface area contributed by atoms with E-state index >= 15 is 0 Å². The van der Waals surface area contributed by atoms with Gasteiger partial charge in [-0.3, -0.25) is 9.59 Å². The second-order valence-electron chi connectivity index (χ2n) is 8.97. The first-order chi connectivity index (χ1) is 17.3. The molecule has 3 atom stereocenters. The molecule has 192 valence electrons. The number of carbonyl (C=O) groups excluding carboxylic acids is 3.